The fourth-order valence-electron chi connectivity index (χ4n) is 4.02. The summed E-state index contributed by atoms with van der Waals surface area (Å²) in [5.41, 5.74) is -6.07. The van der Waals surface area contributed by atoms with E-state index >= 15 is 0 Å². The lowest BCUT2D eigenvalue weighted by atomic mass is 9.92. The Labute approximate surface area is 208 Å². The van der Waals surface area contributed by atoms with Crippen molar-refractivity contribution in [2.75, 3.05) is 11.6 Å². The molecule has 1 aliphatic heterocycles. The van der Waals surface area contributed by atoms with E-state index in [1.807, 2.05) is 0 Å². The molecule has 0 radical (unpaired) electrons. The predicted molar refractivity (Wildman–Crippen MR) is 119 cm³/mol. The maximum Gasteiger partial charge on any atom is 0.430 e. The highest BCUT2D eigenvalue weighted by molar-refractivity contribution is 7.90. The van der Waals surface area contributed by atoms with Gasteiger partial charge in [0.1, 0.15) is 6.04 Å². The van der Waals surface area contributed by atoms with Gasteiger partial charge in [-0.1, -0.05) is 25.1 Å². The van der Waals surface area contributed by atoms with Gasteiger partial charge in [-0.3, -0.25) is 9.59 Å². The van der Waals surface area contributed by atoms with Gasteiger partial charge in [-0.15, -0.1) is 0 Å². The average Bonchev–Trinajstić information content (AvgIpc) is 3.16. The number of hydrogen-bond donors (Lipinski definition) is 2. The maximum atomic E-state index is 13.1. The Morgan fingerprint density at radius 1 is 1.03 bits per heavy atom. The van der Waals surface area contributed by atoms with Crippen LogP contribution in [0, 0.1) is 0 Å². The van der Waals surface area contributed by atoms with E-state index in [0.29, 0.717) is 29.7 Å². The van der Waals surface area contributed by atoms with Gasteiger partial charge < -0.3 is 15.3 Å². The van der Waals surface area contributed by atoms with Gasteiger partial charge in [0.25, 0.3) is 11.5 Å². The zero-order valence-corrected chi connectivity index (χ0v) is 20.3. The Bertz CT molecular complexity index is 1290. The summed E-state index contributed by atoms with van der Waals surface area (Å²) >= 11 is 0. The Hall–Kier alpha value is -3.13. The van der Waals surface area contributed by atoms with Crippen molar-refractivity contribution in [3.05, 3.63) is 59.2 Å². The van der Waals surface area contributed by atoms with Crippen LogP contribution in [-0.2, 0) is 31.6 Å². The van der Waals surface area contributed by atoms with Crippen LogP contribution in [0.5, 0.6) is 0 Å². The monoisotopic (exact) mass is 552 g/mol. The van der Waals surface area contributed by atoms with Crippen molar-refractivity contribution in [2.45, 2.75) is 55.2 Å². The first-order valence-corrected chi connectivity index (χ1v) is 12.7. The number of alkyl halides is 6. The second-order valence-corrected chi connectivity index (χ2v) is 10.6. The van der Waals surface area contributed by atoms with E-state index in [9.17, 15) is 49.5 Å². The van der Waals surface area contributed by atoms with Crippen LogP contribution in [-0.4, -0.2) is 48.8 Å². The van der Waals surface area contributed by atoms with Gasteiger partial charge in [0.05, 0.1) is 4.90 Å². The number of amides is 2. The van der Waals surface area contributed by atoms with E-state index in [1.165, 1.54) is 23.1 Å². The first-order valence-electron chi connectivity index (χ1n) is 10.8. The van der Waals surface area contributed by atoms with Gasteiger partial charge in [-0.05, 0) is 41.8 Å². The fraction of sp³-hybridized carbons (Fsp3) is 0.391. The number of rotatable bonds is 6. The molecule has 14 heteroatoms. The summed E-state index contributed by atoms with van der Waals surface area (Å²) < 4.78 is 102. The van der Waals surface area contributed by atoms with Crippen molar-refractivity contribution in [1.29, 1.82) is 0 Å². The van der Waals surface area contributed by atoms with E-state index in [2.05, 4.69) is 5.32 Å². The Kier molecular flexibility index (Phi) is 7.41. The molecule has 1 heterocycles. The third-order valence-corrected chi connectivity index (χ3v) is 7.02. The van der Waals surface area contributed by atoms with Gasteiger partial charge in [0.2, 0.25) is 5.91 Å². The summed E-state index contributed by atoms with van der Waals surface area (Å²) in [6.45, 7) is 1.67. The highest BCUT2D eigenvalue weighted by Crippen LogP contribution is 2.50. The number of aliphatic hydroxyl groups is 1. The molecule has 0 fully saturated rings. The first-order chi connectivity index (χ1) is 16.9. The normalized spacial score (nSPS) is 16.5. The van der Waals surface area contributed by atoms with Gasteiger partial charge in [-0.2, -0.15) is 26.3 Å². The molecule has 2 aromatic rings. The molecule has 3 rings (SSSR count). The summed E-state index contributed by atoms with van der Waals surface area (Å²) in [5, 5.41) is 11.9. The Morgan fingerprint density at radius 2 is 1.59 bits per heavy atom. The van der Waals surface area contributed by atoms with Gasteiger partial charge in [0, 0.05) is 30.5 Å². The quantitative estimate of drug-likeness (QED) is 0.523. The molecule has 0 aromatic heterocycles. The second kappa shape index (κ2) is 9.63. The standard InChI is InChI=1S/C23H22F6N2O5S/c1-3-4-18(32)31-12-13-11-16(37(2,35)36)9-10-17(13)19(31)20(33)30-15-7-5-14(6-8-15)21(34,22(24,25)26)23(27,28)29/h5-11,19,34H,3-4,12H2,1-2H3,(H,30,33)/t19-/m0/s1. The minimum atomic E-state index is -6.06. The van der Waals surface area contributed by atoms with Gasteiger partial charge >= 0.3 is 12.4 Å². The smallest absolute Gasteiger partial charge is 0.369 e. The molecule has 0 aliphatic carbocycles. The molecule has 2 aromatic carbocycles. The van der Waals surface area contributed by atoms with E-state index in [1.54, 1.807) is 6.92 Å². The number of fused-ring (bicyclic) bond motifs is 1. The number of carbonyl (C=O) groups is 2. The third kappa shape index (κ3) is 5.30. The van der Waals surface area contributed by atoms with Gasteiger partial charge in [-0.25, -0.2) is 8.42 Å². The molecule has 0 unspecified atom stereocenters. The molecule has 37 heavy (non-hydrogen) atoms. The van der Waals surface area contributed by atoms with Crippen LogP contribution in [0.2, 0.25) is 0 Å². The number of benzene rings is 2. The molecule has 0 saturated carbocycles. The summed E-state index contributed by atoms with van der Waals surface area (Å²) in [6.07, 6.45) is -10.6. The fourth-order valence-corrected chi connectivity index (χ4v) is 4.70. The van der Waals surface area contributed by atoms with E-state index in [0.717, 1.165) is 18.4 Å². The van der Waals surface area contributed by atoms with E-state index in [-0.39, 0.29) is 23.5 Å². The van der Waals surface area contributed by atoms with Crippen molar-refractivity contribution in [3.8, 4) is 0 Å². The predicted octanol–water partition coefficient (Wildman–Crippen LogP) is 4.22. The van der Waals surface area contributed by atoms with Crippen LogP contribution >= 0.6 is 0 Å². The molecular weight excluding hydrogens is 530 g/mol. The van der Waals surface area contributed by atoms with Crippen LogP contribution in [0.3, 0.4) is 0 Å². The number of carbonyl (C=O) groups excluding carboxylic acids is 2. The van der Waals surface area contributed by atoms with Crippen LogP contribution in [0.25, 0.3) is 0 Å². The molecule has 0 bridgehead atoms. The molecule has 7 nitrogen and oxygen atoms in total. The summed E-state index contributed by atoms with van der Waals surface area (Å²) in [5.74, 6) is -1.22. The zero-order chi connectivity index (χ0) is 28.0. The van der Waals surface area contributed by atoms with Crippen molar-refractivity contribution in [3.63, 3.8) is 0 Å². The lowest BCUT2D eigenvalue weighted by molar-refractivity contribution is -0.376. The SMILES string of the molecule is CCCC(=O)N1Cc2cc(S(C)(=O)=O)ccc2[C@H]1C(=O)Nc1ccc(C(O)(C(F)(F)F)C(F)(F)F)cc1. The third-order valence-electron chi connectivity index (χ3n) is 5.91. The number of nitrogens with one attached hydrogen (secondary N) is 1. The van der Waals surface area contributed by atoms with Crippen molar-refractivity contribution >= 4 is 27.3 Å². The lowest BCUT2D eigenvalue weighted by Gasteiger charge is -2.32. The zero-order valence-electron chi connectivity index (χ0n) is 19.4. The molecule has 0 saturated heterocycles. The van der Waals surface area contributed by atoms with E-state index in [4.69, 9.17) is 0 Å². The Morgan fingerprint density at radius 3 is 2.08 bits per heavy atom. The Balaban J connectivity index is 1.94. The molecule has 1 atom stereocenters. The number of anilines is 1. The molecule has 202 valence electrons. The number of sulfone groups is 1. The minimum absolute atomic E-state index is 0.0207. The summed E-state index contributed by atoms with van der Waals surface area (Å²) in [7, 11) is -3.58. The first kappa shape index (κ1) is 28.4. The summed E-state index contributed by atoms with van der Waals surface area (Å²) in [4.78, 5) is 27.0. The summed E-state index contributed by atoms with van der Waals surface area (Å²) in [6, 6.07) is 5.07. The largest absolute Gasteiger partial charge is 0.430 e. The van der Waals surface area contributed by atoms with Gasteiger partial charge in [0.15, 0.2) is 9.84 Å². The molecular formula is C23H22F6N2O5S. The maximum absolute atomic E-state index is 13.1. The second-order valence-electron chi connectivity index (χ2n) is 8.58. The van der Waals surface area contributed by atoms with Crippen molar-refractivity contribution < 1.29 is 49.5 Å². The van der Waals surface area contributed by atoms with Crippen LogP contribution in [0.4, 0.5) is 32.0 Å². The molecule has 1 aliphatic rings. The van der Waals surface area contributed by atoms with Crippen LogP contribution in [0.1, 0.15) is 42.5 Å². The molecule has 2 amide bonds. The molecule has 0 spiro atoms. The van der Waals surface area contributed by atoms with Crippen LogP contribution in [0.15, 0.2) is 47.4 Å². The van der Waals surface area contributed by atoms with Crippen LogP contribution < -0.4 is 5.32 Å². The van der Waals surface area contributed by atoms with Crippen molar-refractivity contribution in [1.82, 2.24) is 4.90 Å². The van der Waals surface area contributed by atoms with E-state index < -0.39 is 51.2 Å². The number of hydrogen-bond acceptors (Lipinski definition) is 5. The van der Waals surface area contributed by atoms with Crippen molar-refractivity contribution in [2.24, 2.45) is 0 Å². The molecule has 2 N–H and O–H groups in total. The number of nitrogens with zero attached hydrogens (tertiary/aromatic N) is 1. The lowest BCUT2D eigenvalue weighted by Crippen LogP contribution is -2.53. The number of halogens is 6. The average molecular weight is 552 g/mol. The minimum Gasteiger partial charge on any atom is -0.369 e. The topological polar surface area (TPSA) is 104 Å². The highest BCUT2D eigenvalue weighted by atomic mass is 32.2. The highest BCUT2D eigenvalue weighted by Gasteiger charge is 2.71.